The molecular weight excluding hydrogens is 294 g/mol. The van der Waals surface area contributed by atoms with Crippen LogP contribution >= 0.6 is 0 Å². The van der Waals surface area contributed by atoms with E-state index in [-0.39, 0.29) is 5.91 Å². The van der Waals surface area contributed by atoms with Gasteiger partial charge in [0.1, 0.15) is 11.7 Å². The standard InChI is InChI=1S/C17H21N3O3/c21-15-10-20(11-17(15)7-3-9-23-17)16(22)6-8-19-12-18-13-4-1-2-5-14(13)19/h1-2,4-5,12,15,21H,3,6-11H2/t15-,17-/m0/s1. The molecule has 0 bridgehead atoms. The Labute approximate surface area is 134 Å². The Morgan fingerprint density at radius 3 is 3.13 bits per heavy atom. The molecule has 1 spiro atoms. The minimum atomic E-state index is -0.567. The number of amides is 1. The minimum Gasteiger partial charge on any atom is -0.388 e. The van der Waals surface area contributed by atoms with Gasteiger partial charge < -0.3 is 19.3 Å². The van der Waals surface area contributed by atoms with Gasteiger partial charge in [-0.1, -0.05) is 12.1 Å². The number of benzene rings is 1. The fourth-order valence-electron chi connectivity index (χ4n) is 3.73. The van der Waals surface area contributed by atoms with E-state index in [4.69, 9.17) is 4.74 Å². The summed E-state index contributed by atoms with van der Waals surface area (Å²) in [5.41, 5.74) is 1.46. The third-order valence-corrected chi connectivity index (χ3v) is 5.04. The molecular formula is C17H21N3O3. The molecule has 2 aliphatic heterocycles. The van der Waals surface area contributed by atoms with Crippen LogP contribution in [0.1, 0.15) is 19.3 Å². The van der Waals surface area contributed by atoms with Gasteiger partial charge in [-0.2, -0.15) is 0 Å². The van der Waals surface area contributed by atoms with Crippen LogP contribution in [0.3, 0.4) is 0 Å². The lowest BCUT2D eigenvalue weighted by atomic mass is 9.97. The first-order valence-corrected chi connectivity index (χ1v) is 8.18. The zero-order valence-corrected chi connectivity index (χ0v) is 13.0. The molecule has 2 saturated heterocycles. The van der Waals surface area contributed by atoms with E-state index in [9.17, 15) is 9.90 Å². The summed E-state index contributed by atoms with van der Waals surface area (Å²) in [7, 11) is 0. The highest BCUT2D eigenvalue weighted by Gasteiger charge is 2.50. The van der Waals surface area contributed by atoms with Gasteiger partial charge >= 0.3 is 0 Å². The van der Waals surface area contributed by atoms with Gasteiger partial charge in [0.25, 0.3) is 0 Å². The number of hydrogen-bond donors (Lipinski definition) is 1. The highest BCUT2D eigenvalue weighted by atomic mass is 16.5. The molecule has 1 N–H and O–H groups in total. The molecule has 0 saturated carbocycles. The first-order chi connectivity index (χ1) is 11.2. The van der Waals surface area contributed by atoms with Crippen molar-refractivity contribution in [2.45, 2.75) is 37.5 Å². The van der Waals surface area contributed by atoms with Crippen LogP contribution in [-0.4, -0.2) is 56.9 Å². The molecule has 1 amide bonds. The summed E-state index contributed by atoms with van der Waals surface area (Å²) in [6.45, 7) is 2.17. The Morgan fingerprint density at radius 2 is 2.30 bits per heavy atom. The molecule has 0 aliphatic carbocycles. The fourth-order valence-corrected chi connectivity index (χ4v) is 3.73. The monoisotopic (exact) mass is 315 g/mol. The van der Waals surface area contributed by atoms with Crippen LogP contribution < -0.4 is 0 Å². The molecule has 6 nitrogen and oxygen atoms in total. The maximum absolute atomic E-state index is 12.5. The highest BCUT2D eigenvalue weighted by Crippen LogP contribution is 2.35. The Bertz CT molecular complexity index is 721. The molecule has 4 rings (SSSR count). The van der Waals surface area contributed by atoms with Crippen molar-refractivity contribution >= 4 is 16.9 Å². The maximum atomic E-state index is 12.5. The summed E-state index contributed by atoms with van der Waals surface area (Å²) in [6, 6.07) is 7.90. The number of nitrogens with zero attached hydrogens (tertiary/aromatic N) is 3. The summed E-state index contributed by atoms with van der Waals surface area (Å²) in [4.78, 5) is 18.6. The van der Waals surface area contributed by atoms with Crippen molar-refractivity contribution in [1.82, 2.24) is 14.5 Å². The number of hydrogen-bond acceptors (Lipinski definition) is 4. The second-order valence-electron chi connectivity index (χ2n) is 6.48. The van der Waals surface area contributed by atoms with Gasteiger partial charge in [-0.3, -0.25) is 4.79 Å². The summed E-state index contributed by atoms with van der Waals surface area (Å²) in [6.07, 6.45) is 3.41. The van der Waals surface area contributed by atoms with E-state index in [0.29, 0.717) is 32.7 Å². The lowest BCUT2D eigenvalue weighted by Gasteiger charge is -2.25. The number of aliphatic hydroxyl groups excluding tert-OH is 1. The first-order valence-electron chi connectivity index (χ1n) is 8.18. The van der Waals surface area contributed by atoms with Crippen molar-refractivity contribution in [3.05, 3.63) is 30.6 Å². The number of ether oxygens (including phenoxy) is 1. The Hall–Kier alpha value is -1.92. The average Bonchev–Trinajstić information content (AvgIpc) is 3.26. The summed E-state index contributed by atoms with van der Waals surface area (Å²) in [5, 5.41) is 10.3. The van der Waals surface area contributed by atoms with E-state index in [1.165, 1.54) is 0 Å². The number of carbonyl (C=O) groups is 1. The quantitative estimate of drug-likeness (QED) is 0.923. The smallest absolute Gasteiger partial charge is 0.224 e. The van der Waals surface area contributed by atoms with Crippen LogP contribution in [0.25, 0.3) is 11.0 Å². The molecule has 23 heavy (non-hydrogen) atoms. The van der Waals surface area contributed by atoms with Gasteiger partial charge in [-0.15, -0.1) is 0 Å². The van der Waals surface area contributed by atoms with Crippen molar-refractivity contribution in [2.75, 3.05) is 19.7 Å². The number of likely N-dealkylation sites (tertiary alicyclic amines) is 1. The molecule has 2 fully saturated rings. The fraction of sp³-hybridized carbons (Fsp3) is 0.529. The second kappa shape index (κ2) is 5.62. The van der Waals surface area contributed by atoms with Crippen LogP contribution in [0.4, 0.5) is 0 Å². The average molecular weight is 315 g/mol. The summed E-state index contributed by atoms with van der Waals surface area (Å²) >= 11 is 0. The largest absolute Gasteiger partial charge is 0.388 e. The molecule has 1 aromatic carbocycles. The predicted molar refractivity (Wildman–Crippen MR) is 84.9 cm³/mol. The molecule has 2 aliphatic rings. The summed E-state index contributed by atoms with van der Waals surface area (Å²) < 4.78 is 7.74. The number of fused-ring (bicyclic) bond motifs is 1. The normalized spacial score (nSPS) is 27.3. The van der Waals surface area contributed by atoms with E-state index in [1.54, 1.807) is 11.2 Å². The van der Waals surface area contributed by atoms with Crippen molar-refractivity contribution in [2.24, 2.45) is 0 Å². The lowest BCUT2D eigenvalue weighted by molar-refractivity contribution is -0.131. The number of β-amino-alcohol motifs (C(OH)–C–C–N with tert-alkyl or cyclic N) is 1. The lowest BCUT2D eigenvalue weighted by Crippen LogP contribution is -2.41. The molecule has 3 heterocycles. The van der Waals surface area contributed by atoms with Gasteiger partial charge in [0.05, 0.1) is 23.9 Å². The van der Waals surface area contributed by atoms with E-state index in [1.807, 2.05) is 28.8 Å². The van der Waals surface area contributed by atoms with E-state index in [2.05, 4.69) is 4.98 Å². The maximum Gasteiger partial charge on any atom is 0.224 e. The number of rotatable bonds is 3. The Balaban J connectivity index is 1.41. The summed E-state index contributed by atoms with van der Waals surface area (Å²) in [5.74, 6) is 0.0641. The van der Waals surface area contributed by atoms with E-state index in [0.717, 1.165) is 23.9 Å². The predicted octanol–water partition coefficient (Wildman–Crippen LogP) is 1.18. The number of aromatic nitrogens is 2. The number of aryl methyl sites for hydroxylation is 1. The third kappa shape index (κ3) is 2.52. The van der Waals surface area contributed by atoms with Crippen LogP contribution in [0.2, 0.25) is 0 Å². The van der Waals surface area contributed by atoms with Crippen LogP contribution in [0.5, 0.6) is 0 Å². The minimum absolute atomic E-state index is 0.0641. The van der Waals surface area contributed by atoms with E-state index < -0.39 is 11.7 Å². The molecule has 1 aromatic heterocycles. The number of imidazole rings is 1. The second-order valence-corrected chi connectivity index (χ2v) is 6.48. The van der Waals surface area contributed by atoms with Crippen LogP contribution in [-0.2, 0) is 16.1 Å². The molecule has 0 radical (unpaired) electrons. The molecule has 2 atom stereocenters. The molecule has 122 valence electrons. The van der Waals surface area contributed by atoms with Crippen molar-refractivity contribution in [3.63, 3.8) is 0 Å². The van der Waals surface area contributed by atoms with Gasteiger partial charge in [-0.25, -0.2) is 4.98 Å². The Kier molecular flexibility index (Phi) is 3.58. The van der Waals surface area contributed by atoms with E-state index >= 15 is 0 Å². The molecule has 2 aromatic rings. The highest BCUT2D eigenvalue weighted by molar-refractivity contribution is 5.78. The zero-order chi connectivity index (χ0) is 15.9. The van der Waals surface area contributed by atoms with Crippen LogP contribution in [0.15, 0.2) is 30.6 Å². The van der Waals surface area contributed by atoms with Crippen molar-refractivity contribution in [3.8, 4) is 0 Å². The molecule has 0 unspecified atom stereocenters. The van der Waals surface area contributed by atoms with Gasteiger partial charge in [0.15, 0.2) is 0 Å². The first kappa shape index (κ1) is 14.7. The topological polar surface area (TPSA) is 67.6 Å². The Morgan fingerprint density at radius 1 is 1.43 bits per heavy atom. The molecule has 6 heteroatoms. The zero-order valence-electron chi connectivity index (χ0n) is 13.0. The van der Waals surface area contributed by atoms with Gasteiger partial charge in [-0.05, 0) is 25.0 Å². The van der Waals surface area contributed by atoms with Crippen LogP contribution in [0, 0.1) is 0 Å². The third-order valence-electron chi connectivity index (χ3n) is 5.04. The van der Waals surface area contributed by atoms with Gasteiger partial charge in [0, 0.05) is 26.1 Å². The number of para-hydroxylation sites is 2. The van der Waals surface area contributed by atoms with Gasteiger partial charge in [0.2, 0.25) is 5.91 Å². The van der Waals surface area contributed by atoms with Crippen molar-refractivity contribution in [1.29, 1.82) is 0 Å². The number of carbonyl (C=O) groups excluding carboxylic acids is 1. The van der Waals surface area contributed by atoms with Crippen molar-refractivity contribution < 1.29 is 14.6 Å². The SMILES string of the molecule is O=C(CCn1cnc2ccccc21)N1C[C@H](O)[C@]2(CCCO2)C1. The number of aliphatic hydroxyl groups is 1.